The van der Waals surface area contributed by atoms with Gasteiger partial charge >= 0.3 is 0 Å². The van der Waals surface area contributed by atoms with E-state index in [1.807, 2.05) is 17.8 Å². The Morgan fingerprint density at radius 1 is 1.28 bits per heavy atom. The number of thiazole rings is 1. The number of fused-ring (bicyclic) bond motifs is 1. The van der Waals surface area contributed by atoms with Crippen LogP contribution in [0.1, 0.15) is 9.88 Å². The average molecular weight is 277 g/mol. The summed E-state index contributed by atoms with van der Waals surface area (Å²) < 4.78 is 1.90. The number of thioether (sulfide) groups is 1. The molecular weight excluding hydrogens is 266 g/mol. The summed E-state index contributed by atoms with van der Waals surface area (Å²) in [6.45, 7) is 2.06. The van der Waals surface area contributed by atoms with Gasteiger partial charge in [0.2, 0.25) is 0 Å². The summed E-state index contributed by atoms with van der Waals surface area (Å²) in [5.41, 5.74) is 1.72. The van der Waals surface area contributed by atoms with Crippen LogP contribution >= 0.6 is 23.1 Å². The van der Waals surface area contributed by atoms with Crippen LogP contribution in [0, 0.1) is 6.92 Å². The minimum absolute atomic E-state index is 0.821. The highest BCUT2D eigenvalue weighted by atomic mass is 32.2. The predicted octanol–water partition coefficient (Wildman–Crippen LogP) is 2.42. The van der Waals surface area contributed by atoms with Gasteiger partial charge < -0.3 is 4.57 Å². The van der Waals surface area contributed by atoms with E-state index in [1.54, 1.807) is 35.8 Å². The molecule has 0 bridgehead atoms. The Morgan fingerprint density at radius 3 is 2.94 bits per heavy atom. The van der Waals surface area contributed by atoms with Gasteiger partial charge in [-0.05, 0) is 6.92 Å². The third-order valence-electron chi connectivity index (χ3n) is 2.47. The third-order valence-corrected chi connectivity index (χ3v) is 4.55. The van der Waals surface area contributed by atoms with Crippen LogP contribution in [-0.2, 0) is 12.8 Å². The number of aromatic nitrogens is 5. The molecule has 0 aliphatic rings. The van der Waals surface area contributed by atoms with Gasteiger partial charge in [-0.15, -0.1) is 11.3 Å². The highest BCUT2D eigenvalue weighted by molar-refractivity contribution is 7.98. The van der Waals surface area contributed by atoms with Gasteiger partial charge in [-0.1, -0.05) is 11.8 Å². The van der Waals surface area contributed by atoms with Crippen molar-refractivity contribution in [3.63, 3.8) is 0 Å². The van der Waals surface area contributed by atoms with Gasteiger partial charge in [-0.3, -0.25) is 0 Å². The Hall–Kier alpha value is -1.47. The molecule has 0 N–H and O–H groups in total. The van der Waals surface area contributed by atoms with Crippen LogP contribution in [0.15, 0.2) is 23.9 Å². The van der Waals surface area contributed by atoms with Gasteiger partial charge in [-0.25, -0.2) is 19.9 Å². The first kappa shape index (κ1) is 11.6. The predicted molar refractivity (Wildman–Crippen MR) is 72.7 cm³/mol. The maximum Gasteiger partial charge on any atom is 0.164 e. The summed E-state index contributed by atoms with van der Waals surface area (Å²) >= 11 is 3.37. The second-order valence-corrected chi connectivity index (χ2v) is 6.14. The van der Waals surface area contributed by atoms with Crippen molar-refractivity contribution in [3.05, 3.63) is 28.7 Å². The number of hydrogen-bond donors (Lipinski definition) is 0. The minimum Gasteiger partial charge on any atom is -0.318 e. The maximum atomic E-state index is 4.34. The molecule has 3 aromatic rings. The van der Waals surface area contributed by atoms with Gasteiger partial charge in [0.25, 0.3) is 0 Å². The normalized spacial score (nSPS) is 11.2. The summed E-state index contributed by atoms with van der Waals surface area (Å²) in [5, 5.41) is 2.02. The topological polar surface area (TPSA) is 56.5 Å². The molecule has 0 saturated heterocycles. The van der Waals surface area contributed by atoms with Gasteiger partial charge in [-0.2, -0.15) is 0 Å². The first-order chi connectivity index (χ1) is 8.74. The molecule has 0 atom stereocenters. The molecule has 0 unspecified atom stereocenters. The third kappa shape index (κ3) is 2.11. The smallest absolute Gasteiger partial charge is 0.164 e. The fraction of sp³-hybridized carbons (Fsp3) is 0.273. The SMILES string of the molecule is Cc1cnc(CSc2ncnc3c2ncn3C)s1. The Morgan fingerprint density at radius 2 is 2.17 bits per heavy atom. The molecule has 0 saturated carbocycles. The van der Waals surface area contributed by atoms with E-state index in [-0.39, 0.29) is 0 Å². The van der Waals surface area contributed by atoms with E-state index < -0.39 is 0 Å². The van der Waals surface area contributed by atoms with Crippen LogP contribution in [0.2, 0.25) is 0 Å². The van der Waals surface area contributed by atoms with Crippen molar-refractivity contribution < 1.29 is 0 Å². The Labute approximate surface area is 112 Å². The molecule has 0 radical (unpaired) electrons. The summed E-state index contributed by atoms with van der Waals surface area (Å²) in [7, 11) is 1.93. The van der Waals surface area contributed by atoms with E-state index >= 15 is 0 Å². The largest absolute Gasteiger partial charge is 0.318 e. The van der Waals surface area contributed by atoms with Crippen molar-refractivity contribution in [2.75, 3.05) is 0 Å². The van der Waals surface area contributed by atoms with Gasteiger partial charge in [0, 0.05) is 18.1 Å². The number of hydrogen-bond acceptors (Lipinski definition) is 6. The minimum atomic E-state index is 0.821. The van der Waals surface area contributed by atoms with Crippen molar-refractivity contribution in [2.45, 2.75) is 17.7 Å². The molecule has 92 valence electrons. The molecule has 0 amide bonds. The van der Waals surface area contributed by atoms with E-state index in [1.165, 1.54) is 4.88 Å². The summed E-state index contributed by atoms with van der Waals surface area (Å²) in [6, 6.07) is 0. The first-order valence-electron chi connectivity index (χ1n) is 5.40. The summed E-state index contributed by atoms with van der Waals surface area (Å²) in [5.74, 6) is 0.821. The quantitative estimate of drug-likeness (QED) is 0.543. The monoisotopic (exact) mass is 277 g/mol. The van der Waals surface area contributed by atoms with E-state index in [4.69, 9.17) is 0 Å². The molecule has 3 heterocycles. The lowest BCUT2D eigenvalue weighted by Gasteiger charge is -1.99. The van der Waals surface area contributed by atoms with E-state index in [2.05, 4.69) is 26.9 Å². The number of aryl methyl sites for hydroxylation is 2. The second-order valence-electron chi connectivity index (χ2n) is 3.86. The Bertz CT molecular complexity index is 688. The number of rotatable bonds is 3. The van der Waals surface area contributed by atoms with Crippen LogP contribution in [0.25, 0.3) is 11.2 Å². The lowest BCUT2D eigenvalue weighted by atomic mass is 10.5. The fourth-order valence-electron chi connectivity index (χ4n) is 1.63. The highest BCUT2D eigenvalue weighted by Gasteiger charge is 2.09. The Kier molecular flexibility index (Phi) is 3.00. The molecular formula is C11H11N5S2. The van der Waals surface area contributed by atoms with Crippen molar-refractivity contribution >= 4 is 34.3 Å². The summed E-state index contributed by atoms with van der Waals surface area (Å²) in [4.78, 5) is 18.4. The zero-order chi connectivity index (χ0) is 12.5. The zero-order valence-corrected chi connectivity index (χ0v) is 11.6. The molecule has 5 nitrogen and oxygen atoms in total. The number of nitrogens with zero attached hydrogens (tertiary/aromatic N) is 5. The van der Waals surface area contributed by atoms with Gasteiger partial charge in [0.05, 0.1) is 12.1 Å². The van der Waals surface area contributed by atoms with E-state index in [9.17, 15) is 0 Å². The first-order valence-corrected chi connectivity index (χ1v) is 7.20. The molecule has 0 aliphatic carbocycles. The Balaban J connectivity index is 1.86. The molecule has 7 heteroatoms. The van der Waals surface area contributed by atoms with Gasteiger partial charge in [0.1, 0.15) is 21.9 Å². The van der Waals surface area contributed by atoms with Crippen molar-refractivity contribution in [1.82, 2.24) is 24.5 Å². The van der Waals surface area contributed by atoms with Crippen molar-refractivity contribution in [1.29, 1.82) is 0 Å². The molecule has 18 heavy (non-hydrogen) atoms. The lowest BCUT2D eigenvalue weighted by Crippen LogP contribution is -1.90. The van der Waals surface area contributed by atoms with Crippen LogP contribution in [-0.4, -0.2) is 24.5 Å². The van der Waals surface area contributed by atoms with Crippen molar-refractivity contribution in [3.8, 4) is 0 Å². The van der Waals surface area contributed by atoms with E-state index in [0.717, 1.165) is 27.0 Å². The fourth-order valence-corrected chi connectivity index (χ4v) is 3.36. The molecule has 0 aromatic carbocycles. The van der Waals surface area contributed by atoms with Crippen molar-refractivity contribution in [2.24, 2.45) is 7.05 Å². The highest BCUT2D eigenvalue weighted by Crippen LogP contribution is 2.27. The molecule has 3 rings (SSSR count). The standard InChI is InChI=1S/C11H11N5S2/c1-7-3-12-8(18-7)4-17-11-9-10(13-5-14-11)16(2)6-15-9/h3,5-6H,4H2,1-2H3. The summed E-state index contributed by atoms with van der Waals surface area (Å²) in [6.07, 6.45) is 5.24. The maximum absolute atomic E-state index is 4.34. The van der Waals surface area contributed by atoms with Crippen LogP contribution < -0.4 is 0 Å². The second kappa shape index (κ2) is 4.66. The van der Waals surface area contributed by atoms with E-state index in [0.29, 0.717) is 0 Å². The van der Waals surface area contributed by atoms with Crippen LogP contribution in [0.5, 0.6) is 0 Å². The molecule has 0 spiro atoms. The van der Waals surface area contributed by atoms with Gasteiger partial charge in [0.15, 0.2) is 5.65 Å². The molecule has 0 fully saturated rings. The number of imidazole rings is 1. The lowest BCUT2D eigenvalue weighted by molar-refractivity contribution is 0.925. The zero-order valence-electron chi connectivity index (χ0n) is 9.99. The van der Waals surface area contributed by atoms with Crippen LogP contribution in [0.4, 0.5) is 0 Å². The van der Waals surface area contributed by atoms with Crippen LogP contribution in [0.3, 0.4) is 0 Å². The molecule has 0 aliphatic heterocycles. The average Bonchev–Trinajstić information content (AvgIpc) is 2.94. The molecule has 3 aromatic heterocycles.